The van der Waals surface area contributed by atoms with Gasteiger partial charge in [0.2, 0.25) is 5.91 Å². The summed E-state index contributed by atoms with van der Waals surface area (Å²) < 4.78 is 0. The highest BCUT2D eigenvalue weighted by molar-refractivity contribution is 5.96. The molecule has 3 rings (SSSR count). The van der Waals surface area contributed by atoms with Crippen LogP contribution >= 0.6 is 0 Å². The van der Waals surface area contributed by atoms with Gasteiger partial charge in [-0.15, -0.1) is 0 Å². The van der Waals surface area contributed by atoms with Crippen LogP contribution in [0.25, 0.3) is 0 Å². The van der Waals surface area contributed by atoms with E-state index in [0.717, 1.165) is 19.3 Å². The van der Waals surface area contributed by atoms with Crippen molar-refractivity contribution in [1.29, 1.82) is 0 Å². The van der Waals surface area contributed by atoms with E-state index >= 15 is 0 Å². The summed E-state index contributed by atoms with van der Waals surface area (Å²) in [6.45, 7) is 8.01. The fourth-order valence-corrected chi connectivity index (χ4v) is 3.41. The van der Waals surface area contributed by atoms with Crippen LogP contribution in [0.5, 0.6) is 0 Å². The van der Waals surface area contributed by atoms with E-state index in [0.29, 0.717) is 37.4 Å². The van der Waals surface area contributed by atoms with Gasteiger partial charge in [0.25, 0.3) is 11.6 Å². The van der Waals surface area contributed by atoms with E-state index in [2.05, 4.69) is 5.32 Å². The van der Waals surface area contributed by atoms with Gasteiger partial charge >= 0.3 is 0 Å². The lowest BCUT2D eigenvalue weighted by molar-refractivity contribution is -0.384. The van der Waals surface area contributed by atoms with Crippen molar-refractivity contribution in [2.24, 2.45) is 5.41 Å². The molecule has 1 saturated heterocycles. The Morgan fingerprint density at radius 1 is 1.14 bits per heavy atom. The van der Waals surface area contributed by atoms with Crippen molar-refractivity contribution < 1.29 is 14.5 Å². The van der Waals surface area contributed by atoms with Crippen molar-refractivity contribution in [1.82, 2.24) is 10.2 Å². The number of hydrogen-bond donors (Lipinski definition) is 1. The molecule has 0 unspecified atom stereocenters. The van der Waals surface area contributed by atoms with Gasteiger partial charge in [0.1, 0.15) is 5.69 Å². The molecule has 1 aliphatic heterocycles. The first-order valence-electron chi connectivity index (χ1n) is 9.80. The molecular formula is C20H28N4O4. The number of hydrogen-bond acceptors (Lipinski definition) is 5. The molecule has 2 aliphatic rings. The molecule has 152 valence electrons. The molecule has 0 radical (unpaired) electrons. The van der Waals surface area contributed by atoms with Crippen LogP contribution in [0, 0.1) is 15.5 Å². The number of amides is 2. The first-order valence-corrected chi connectivity index (χ1v) is 9.80. The molecule has 8 nitrogen and oxygen atoms in total. The standard InChI is InChI=1S/C20H28N4O4/c1-20(2,3)19(26)23-10-4-9-22(11-12-23)16-8-5-14(13-17(16)24(27)28)18(25)21-15-6-7-15/h5,8,13,15H,4,6-7,9-12H2,1-3H3,(H,21,25). The topological polar surface area (TPSA) is 95.8 Å². The summed E-state index contributed by atoms with van der Waals surface area (Å²) in [5.41, 5.74) is 0.288. The van der Waals surface area contributed by atoms with E-state index in [1.807, 2.05) is 30.6 Å². The number of anilines is 1. The van der Waals surface area contributed by atoms with E-state index in [-0.39, 0.29) is 23.5 Å². The molecule has 1 aromatic rings. The third-order valence-corrected chi connectivity index (χ3v) is 5.11. The summed E-state index contributed by atoms with van der Waals surface area (Å²) >= 11 is 0. The Hall–Kier alpha value is -2.64. The number of benzene rings is 1. The van der Waals surface area contributed by atoms with Crippen molar-refractivity contribution >= 4 is 23.2 Å². The van der Waals surface area contributed by atoms with Crippen LogP contribution in [-0.2, 0) is 4.79 Å². The lowest BCUT2D eigenvalue weighted by Gasteiger charge is -2.28. The van der Waals surface area contributed by atoms with Gasteiger partial charge in [-0.25, -0.2) is 0 Å². The summed E-state index contributed by atoms with van der Waals surface area (Å²) in [5.74, 6) is -0.175. The van der Waals surface area contributed by atoms with E-state index < -0.39 is 10.3 Å². The second-order valence-electron chi connectivity index (χ2n) is 8.59. The Morgan fingerprint density at radius 2 is 1.86 bits per heavy atom. The molecule has 1 N–H and O–H groups in total. The van der Waals surface area contributed by atoms with E-state index in [1.54, 1.807) is 12.1 Å². The molecule has 1 saturated carbocycles. The van der Waals surface area contributed by atoms with E-state index in [1.165, 1.54) is 6.07 Å². The molecule has 28 heavy (non-hydrogen) atoms. The lowest BCUT2D eigenvalue weighted by Crippen LogP contribution is -2.41. The number of rotatable bonds is 4. The second-order valence-corrected chi connectivity index (χ2v) is 8.59. The van der Waals surface area contributed by atoms with Crippen LogP contribution in [0.3, 0.4) is 0 Å². The summed E-state index contributed by atoms with van der Waals surface area (Å²) in [5, 5.41) is 14.5. The van der Waals surface area contributed by atoms with Crippen molar-refractivity contribution in [2.45, 2.75) is 46.1 Å². The average Bonchev–Trinajstić information content (AvgIpc) is 3.46. The zero-order valence-electron chi connectivity index (χ0n) is 16.7. The minimum atomic E-state index is -0.447. The fourth-order valence-electron chi connectivity index (χ4n) is 3.41. The van der Waals surface area contributed by atoms with Gasteiger partial charge < -0.3 is 15.1 Å². The molecule has 0 bridgehead atoms. The summed E-state index contributed by atoms with van der Waals surface area (Å²) in [6, 6.07) is 4.85. The SMILES string of the molecule is CC(C)(C)C(=O)N1CCCN(c2ccc(C(=O)NC3CC3)cc2[N+](=O)[O-])CC1. The quantitative estimate of drug-likeness (QED) is 0.632. The monoisotopic (exact) mass is 388 g/mol. The molecule has 2 amide bonds. The number of carbonyl (C=O) groups excluding carboxylic acids is 2. The van der Waals surface area contributed by atoms with Gasteiger partial charge in [-0.05, 0) is 31.4 Å². The molecule has 0 spiro atoms. The lowest BCUT2D eigenvalue weighted by atomic mass is 9.94. The Morgan fingerprint density at radius 3 is 2.46 bits per heavy atom. The highest BCUT2D eigenvalue weighted by atomic mass is 16.6. The first-order chi connectivity index (χ1) is 13.2. The Labute approximate surface area is 165 Å². The first kappa shape index (κ1) is 20.1. The molecule has 1 aromatic carbocycles. The normalized spacial score (nSPS) is 17.8. The Balaban J connectivity index is 1.77. The van der Waals surface area contributed by atoms with Crippen molar-refractivity contribution in [3.63, 3.8) is 0 Å². The smallest absolute Gasteiger partial charge is 0.293 e. The van der Waals surface area contributed by atoms with Crippen LogP contribution in [0.2, 0.25) is 0 Å². The van der Waals surface area contributed by atoms with Crippen molar-refractivity contribution in [3.05, 3.63) is 33.9 Å². The van der Waals surface area contributed by atoms with E-state index in [9.17, 15) is 19.7 Å². The number of nitro benzene ring substituents is 1. The predicted octanol–water partition coefficient (Wildman–Crippen LogP) is 2.57. The van der Waals surface area contributed by atoms with Crippen LogP contribution in [-0.4, -0.2) is 53.9 Å². The van der Waals surface area contributed by atoms with Crippen LogP contribution in [0.1, 0.15) is 50.4 Å². The van der Waals surface area contributed by atoms with Gasteiger partial charge in [-0.3, -0.25) is 19.7 Å². The minimum Gasteiger partial charge on any atom is -0.364 e. The maximum Gasteiger partial charge on any atom is 0.293 e. The van der Waals surface area contributed by atoms with Crippen LogP contribution < -0.4 is 10.2 Å². The second kappa shape index (κ2) is 7.77. The third kappa shape index (κ3) is 4.61. The summed E-state index contributed by atoms with van der Waals surface area (Å²) in [7, 11) is 0. The average molecular weight is 388 g/mol. The fraction of sp³-hybridized carbons (Fsp3) is 0.600. The van der Waals surface area contributed by atoms with Gasteiger partial charge in [0.05, 0.1) is 4.92 Å². The number of nitro groups is 1. The minimum absolute atomic E-state index is 0.0703. The van der Waals surface area contributed by atoms with Crippen LogP contribution in [0.4, 0.5) is 11.4 Å². The van der Waals surface area contributed by atoms with Crippen molar-refractivity contribution in [3.8, 4) is 0 Å². The third-order valence-electron chi connectivity index (χ3n) is 5.11. The van der Waals surface area contributed by atoms with E-state index in [4.69, 9.17) is 0 Å². The number of carbonyl (C=O) groups is 2. The Kier molecular flexibility index (Phi) is 5.58. The molecule has 1 aliphatic carbocycles. The summed E-state index contributed by atoms with van der Waals surface area (Å²) in [4.78, 5) is 39.8. The van der Waals surface area contributed by atoms with Gasteiger partial charge in [-0.1, -0.05) is 20.8 Å². The largest absolute Gasteiger partial charge is 0.364 e. The van der Waals surface area contributed by atoms with Gasteiger partial charge in [0, 0.05) is 49.3 Å². The molecule has 8 heteroatoms. The van der Waals surface area contributed by atoms with Crippen LogP contribution in [0.15, 0.2) is 18.2 Å². The maximum absolute atomic E-state index is 12.6. The number of nitrogens with one attached hydrogen (secondary N) is 1. The van der Waals surface area contributed by atoms with Gasteiger partial charge in [0.15, 0.2) is 0 Å². The highest BCUT2D eigenvalue weighted by Gasteiger charge is 2.30. The van der Waals surface area contributed by atoms with Crippen molar-refractivity contribution in [2.75, 3.05) is 31.1 Å². The molecule has 0 atom stereocenters. The zero-order chi connectivity index (χ0) is 20.5. The zero-order valence-corrected chi connectivity index (χ0v) is 16.7. The summed E-state index contributed by atoms with van der Waals surface area (Å²) in [6.07, 6.45) is 2.66. The maximum atomic E-state index is 12.6. The molecular weight excluding hydrogens is 360 g/mol. The highest BCUT2D eigenvalue weighted by Crippen LogP contribution is 2.31. The Bertz CT molecular complexity index is 783. The molecule has 0 aromatic heterocycles. The molecule has 2 fully saturated rings. The predicted molar refractivity (Wildman–Crippen MR) is 106 cm³/mol. The number of nitrogens with zero attached hydrogens (tertiary/aromatic N) is 3. The molecule has 1 heterocycles. The van der Waals surface area contributed by atoms with Gasteiger partial charge in [-0.2, -0.15) is 0 Å².